The molecular formula is C14H16N4O2. The van der Waals surface area contributed by atoms with E-state index in [-0.39, 0.29) is 18.4 Å². The average molecular weight is 272 g/mol. The van der Waals surface area contributed by atoms with Crippen molar-refractivity contribution < 1.29 is 9.90 Å². The highest BCUT2D eigenvalue weighted by molar-refractivity contribution is 5.97. The molecule has 1 aromatic heterocycles. The Balaban J connectivity index is 2.08. The van der Waals surface area contributed by atoms with Crippen molar-refractivity contribution in [3.05, 3.63) is 42.0 Å². The maximum Gasteiger partial charge on any atom is 0.227 e. The number of anilines is 1. The van der Waals surface area contributed by atoms with Crippen LogP contribution in [0.2, 0.25) is 0 Å². The summed E-state index contributed by atoms with van der Waals surface area (Å²) in [4.78, 5) is 18.1. The van der Waals surface area contributed by atoms with Gasteiger partial charge in [-0.3, -0.25) is 4.79 Å². The van der Waals surface area contributed by atoms with Gasteiger partial charge in [-0.05, 0) is 11.6 Å². The molecule has 1 aromatic carbocycles. The Labute approximate surface area is 116 Å². The van der Waals surface area contributed by atoms with Crippen molar-refractivity contribution in [2.45, 2.75) is 18.9 Å². The summed E-state index contributed by atoms with van der Waals surface area (Å²) in [5, 5.41) is 13.2. The number of nitrogens with zero attached hydrogens (tertiary/aromatic N) is 4. The molecular weight excluding hydrogens is 256 g/mol. The molecule has 0 bridgehead atoms. The van der Waals surface area contributed by atoms with Crippen LogP contribution in [0.1, 0.15) is 23.7 Å². The van der Waals surface area contributed by atoms with Crippen molar-refractivity contribution in [2.24, 2.45) is 0 Å². The fourth-order valence-electron chi connectivity index (χ4n) is 2.68. The third-order valence-corrected chi connectivity index (χ3v) is 3.70. The van der Waals surface area contributed by atoms with Crippen LogP contribution in [0, 0.1) is 0 Å². The van der Waals surface area contributed by atoms with Crippen molar-refractivity contribution in [3.8, 4) is 0 Å². The number of benzene rings is 1. The van der Waals surface area contributed by atoms with Gasteiger partial charge in [0, 0.05) is 19.2 Å². The highest BCUT2D eigenvalue weighted by Crippen LogP contribution is 2.38. The van der Waals surface area contributed by atoms with Crippen molar-refractivity contribution in [1.82, 2.24) is 14.8 Å². The molecule has 0 saturated carbocycles. The number of aliphatic hydroxyl groups excluding tert-OH is 1. The summed E-state index contributed by atoms with van der Waals surface area (Å²) in [6, 6.07) is 7.83. The Morgan fingerprint density at radius 3 is 3.00 bits per heavy atom. The summed E-state index contributed by atoms with van der Waals surface area (Å²) in [5.74, 6) is 0.684. The maximum atomic E-state index is 12.2. The molecule has 0 unspecified atom stereocenters. The lowest BCUT2D eigenvalue weighted by atomic mass is 9.89. The van der Waals surface area contributed by atoms with Crippen molar-refractivity contribution in [2.75, 3.05) is 18.6 Å². The molecule has 0 aliphatic carbocycles. The van der Waals surface area contributed by atoms with Gasteiger partial charge in [0.2, 0.25) is 5.91 Å². The lowest BCUT2D eigenvalue weighted by Crippen LogP contribution is -2.34. The molecule has 0 saturated heterocycles. The van der Waals surface area contributed by atoms with Crippen molar-refractivity contribution in [3.63, 3.8) is 0 Å². The molecule has 6 heteroatoms. The van der Waals surface area contributed by atoms with Gasteiger partial charge in [0.05, 0.1) is 19.1 Å². The second kappa shape index (κ2) is 5.05. The molecule has 1 N–H and O–H groups in total. The standard InChI is InChI=1S/C14H16N4O2/c1-17-12-5-3-2-4-10(12)11(8-13(17)20)14-15-9-16-18(14)6-7-19/h2-5,9,11,19H,6-8H2,1H3/t11-/m0/s1. The first-order valence-corrected chi connectivity index (χ1v) is 6.56. The number of rotatable bonds is 3. The molecule has 6 nitrogen and oxygen atoms in total. The monoisotopic (exact) mass is 272 g/mol. The van der Waals surface area contributed by atoms with E-state index >= 15 is 0 Å². The molecule has 1 amide bonds. The predicted octanol–water partition coefficient (Wildman–Crippen LogP) is 0.769. The molecule has 104 valence electrons. The number of carbonyl (C=O) groups is 1. The number of aromatic nitrogens is 3. The van der Waals surface area contributed by atoms with E-state index in [0.29, 0.717) is 13.0 Å². The molecule has 0 fully saturated rings. The molecule has 0 spiro atoms. The summed E-state index contributed by atoms with van der Waals surface area (Å²) in [6.45, 7) is 0.386. The first-order valence-electron chi connectivity index (χ1n) is 6.56. The number of amides is 1. The van der Waals surface area contributed by atoms with Gasteiger partial charge in [-0.25, -0.2) is 9.67 Å². The zero-order valence-electron chi connectivity index (χ0n) is 11.2. The van der Waals surface area contributed by atoms with Gasteiger partial charge in [-0.15, -0.1) is 0 Å². The summed E-state index contributed by atoms with van der Waals surface area (Å²) in [6.07, 6.45) is 1.84. The van der Waals surface area contributed by atoms with E-state index in [1.165, 1.54) is 6.33 Å². The lowest BCUT2D eigenvalue weighted by molar-refractivity contribution is -0.118. The van der Waals surface area contributed by atoms with Crippen LogP contribution in [0.4, 0.5) is 5.69 Å². The van der Waals surface area contributed by atoms with Gasteiger partial charge in [-0.1, -0.05) is 18.2 Å². The van der Waals surface area contributed by atoms with Crippen LogP contribution in [0.5, 0.6) is 0 Å². The Hall–Kier alpha value is -2.21. The SMILES string of the molecule is CN1C(=O)C[C@H](c2ncnn2CCO)c2ccccc21. The highest BCUT2D eigenvalue weighted by atomic mass is 16.3. The van der Waals surface area contributed by atoms with Crippen LogP contribution >= 0.6 is 0 Å². The van der Waals surface area contributed by atoms with Crippen LogP contribution in [0.25, 0.3) is 0 Å². The summed E-state index contributed by atoms with van der Waals surface area (Å²) in [7, 11) is 1.79. The summed E-state index contributed by atoms with van der Waals surface area (Å²) >= 11 is 0. The van der Waals surface area contributed by atoms with Crippen LogP contribution < -0.4 is 4.90 Å². The highest BCUT2D eigenvalue weighted by Gasteiger charge is 2.32. The Kier molecular flexibility index (Phi) is 3.23. The first kappa shape index (κ1) is 12.8. The molecule has 1 aliphatic rings. The van der Waals surface area contributed by atoms with Gasteiger partial charge >= 0.3 is 0 Å². The minimum absolute atomic E-state index is 0.00141. The second-order valence-electron chi connectivity index (χ2n) is 4.83. The predicted molar refractivity (Wildman–Crippen MR) is 73.4 cm³/mol. The van der Waals surface area contributed by atoms with Crippen molar-refractivity contribution >= 4 is 11.6 Å². The normalized spacial score (nSPS) is 18.2. The topological polar surface area (TPSA) is 71.2 Å². The number of hydrogen-bond acceptors (Lipinski definition) is 4. The van der Waals surface area contributed by atoms with Gasteiger partial charge in [0.15, 0.2) is 0 Å². The molecule has 1 aliphatic heterocycles. The van der Waals surface area contributed by atoms with Crippen molar-refractivity contribution in [1.29, 1.82) is 0 Å². The number of hydrogen-bond donors (Lipinski definition) is 1. The third-order valence-electron chi connectivity index (χ3n) is 3.70. The second-order valence-corrected chi connectivity index (χ2v) is 4.83. The molecule has 2 aromatic rings. The number of para-hydroxylation sites is 1. The van der Waals surface area contributed by atoms with Crippen LogP contribution in [0.15, 0.2) is 30.6 Å². The Morgan fingerprint density at radius 1 is 1.40 bits per heavy atom. The Morgan fingerprint density at radius 2 is 2.20 bits per heavy atom. The van der Waals surface area contributed by atoms with Gasteiger partial charge in [0.25, 0.3) is 0 Å². The minimum atomic E-state index is -0.107. The quantitative estimate of drug-likeness (QED) is 0.896. The largest absolute Gasteiger partial charge is 0.394 e. The summed E-state index contributed by atoms with van der Waals surface area (Å²) < 4.78 is 1.67. The van der Waals surface area contributed by atoms with Gasteiger partial charge in [0.1, 0.15) is 12.2 Å². The summed E-state index contributed by atoms with van der Waals surface area (Å²) in [5.41, 5.74) is 1.98. The smallest absolute Gasteiger partial charge is 0.227 e. The number of carbonyl (C=O) groups excluding carboxylic acids is 1. The molecule has 3 rings (SSSR count). The van der Waals surface area contributed by atoms with E-state index in [9.17, 15) is 4.79 Å². The molecule has 0 radical (unpaired) electrons. The van der Waals surface area contributed by atoms with Gasteiger partial charge < -0.3 is 10.0 Å². The fourth-order valence-corrected chi connectivity index (χ4v) is 2.68. The fraction of sp³-hybridized carbons (Fsp3) is 0.357. The number of fused-ring (bicyclic) bond motifs is 1. The maximum absolute atomic E-state index is 12.2. The average Bonchev–Trinajstić information content (AvgIpc) is 2.91. The first-order chi connectivity index (χ1) is 9.72. The molecule has 20 heavy (non-hydrogen) atoms. The van der Waals surface area contributed by atoms with Crippen LogP contribution in [-0.2, 0) is 11.3 Å². The number of aliphatic hydroxyl groups is 1. The van der Waals surface area contributed by atoms with Crippen LogP contribution in [0.3, 0.4) is 0 Å². The molecule has 2 heterocycles. The van der Waals surface area contributed by atoms with Gasteiger partial charge in [-0.2, -0.15) is 5.10 Å². The Bertz CT molecular complexity index is 638. The minimum Gasteiger partial charge on any atom is -0.394 e. The lowest BCUT2D eigenvalue weighted by Gasteiger charge is -2.31. The van der Waals surface area contributed by atoms with E-state index in [1.807, 2.05) is 24.3 Å². The van der Waals surface area contributed by atoms with Crippen LogP contribution in [-0.4, -0.2) is 39.4 Å². The zero-order valence-corrected chi connectivity index (χ0v) is 11.2. The van der Waals surface area contributed by atoms with E-state index in [0.717, 1.165) is 17.1 Å². The third kappa shape index (κ3) is 1.98. The van der Waals surface area contributed by atoms with E-state index in [1.54, 1.807) is 16.6 Å². The zero-order chi connectivity index (χ0) is 14.1. The molecule has 1 atom stereocenters. The van der Waals surface area contributed by atoms with E-state index < -0.39 is 0 Å². The van der Waals surface area contributed by atoms with E-state index in [2.05, 4.69) is 10.1 Å². The van der Waals surface area contributed by atoms with E-state index in [4.69, 9.17) is 5.11 Å².